The van der Waals surface area contributed by atoms with E-state index in [-0.39, 0.29) is 18.0 Å². The van der Waals surface area contributed by atoms with E-state index in [4.69, 9.17) is 4.74 Å². The van der Waals surface area contributed by atoms with Crippen LogP contribution in [0.3, 0.4) is 0 Å². The summed E-state index contributed by atoms with van der Waals surface area (Å²) in [5, 5.41) is 5.24. The quantitative estimate of drug-likeness (QED) is 0.488. The van der Waals surface area contributed by atoms with Gasteiger partial charge in [0.25, 0.3) is 5.91 Å². The lowest BCUT2D eigenvalue weighted by molar-refractivity contribution is 0.0240. The molecule has 2 amide bonds. The van der Waals surface area contributed by atoms with Crippen molar-refractivity contribution in [3.05, 3.63) is 47.1 Å². The van der Waals surface area contributed by atoms with Gasteiger partial charge in [-0.2, -0.15) is 0 Å². The van der Waals surface area contributed by atoms with Crippen molar-refractivity contribution < 1.29 is 14.3 Å². The number of ether oxygens (including phenoxy) is 1. The number of aromatic amines is 1. The first kappa shape index (κ1) is 25.0. The van der Waals surface area contributed by atoms with Crippen LogP contribution in [0.2, 0.25) is 0 Å². The first-order valence-electron chi connectivity index (χ1n) is 12.3. The number of amides is 2. The summed E-state index contributed by atoms with van der Waals surface area (Å²) in [6, 6.07) is 8.30. The largest absolute Gasteiger partial charge is 0.444 e. The SMILES string of the molecule is CCCC(Cc1c[nH]c2ccccc12)NC(=O)c1cnc(N2CCN(C(=O)OC(C)(C)C)CC2)s1. The molecule has 9 heteroatoms. The molecule has 0 radical (unpaired) electrons. The summed E-state index contributed by atoms with van der Waals surface area (Å²) >= 11 is 1.40. The van der Waals surface area contributed by atoms with Gasteiger partial charge in [-0.1, -0.05) is 42.9 Å². The van der Waals surface area contributed by atoms with Crippen LogP contribution in [0.1, 0.15) is 55.8 Å². The standard InChI is InChI=1S/C26H35N5O3S/c1-5-8-19(15-18-16-27-21-10-7-6-9-20(18)21)29-23(32)22-17-28-24(35-22)30-11-13-31(14-12-30)25(33)34-26(2,3)4/h6-7,9-10,16-17,19,27H,5,8,11-15H2,1-4H3,(H,29,32). The molecule has 1 aromatic carbocycles. The Hall–Kier alpha value is -3.07. The maximum absolute atomic E-state index is 13.1. The third kappa shape index (κ3) is 6.33. The summed E-state index contributed by atoms with van der Waals surface area (Å²) in [4.78, 5) is 37.6. The maximum Gasteiger partial charge on any atom is 0.410 e. The molecule has 0 saturated carbocycles. The Labute approximate surface area is 210 Å². The summed E-state index contributed by atoms with van der Waals surface area (Å²) in [5.74, 6) is -0.0839. The highest BCUT2D eigenvalue weighted by Gasteiger charge is 2.27. The van der Waals surface area contributed by atoms with E-state index < -0.39 is 5.60 Å². The number of piperazine rings is 1. The van der Waals surface area contributed by atoms with E-state index in [0.717, 1.165) is 29.9 Å². The van der Waals surface area contributed by atoms with Crippen LogP contribution in [0.25, 0.3) is 10.9 Å². The molecule has 3 aromatic rings. The van der Waals surface area contributed by atoms with E-state index in [0.29, 0.717) is 31.1 Å². The summed E-state index contributed by atoms with van der Waals surface area (Å²) in [5.41, 5.74) is 1.82. The Morgan fingerprint density at radius 2 is 1.94 bits per heavy atom. The Morgan fingerprint density at radius 1 is 1.20 bits per heavy atom. The van der Waals surface area contributed by atoms with Crippen molar-refractivity contribution in [3.63, 3.8) is 0 Å². The highest BCUT2D eigenvalue weighted by Crippen LogP contribution is 2.25. The number of carbonyl (C=O) groups is 2. The van der Waals surface area contributed by atoms with E-state index >= 15 is 0 Å². The molecular formula is C26H35N5O3S. The molecule has 0 aliphatic carbocycles. The van der Waals surface area contributed by atoms with Crippen LogP contribution in [0, 0.1) is 0 Å². The van der Waals surface area contributed by atoms with Gasteiger partial charge in [0, 0.05) is 49.3 Å². The fourth-order valence-electron chi connectivity index (χ4n) is 4.32. The number of thiazole rings is 1. The van der Waals surface area contributed by atoms with Crippen molar-refractivity contribution in [1.82, 2.24) is 20.2 Å². The molecule has 1 fully saturated rings. The average Bonchev–Trinajstić information content (AvgIpc) is 3.46. The van der Waals surface area contributed by atoms with Gasteiger partial charge >= 0.3 is 6.09 Å². The lowest BCUT2D eigenvalue weighted by atomic mass is 10.0. The predicted octanol–water partition coefficient (Wildman–Crippen LogP) is 4.82. The number of fused-ring (bicyclic) bond motifs is 1. The molecule has 0 spiro atoms. The highest BCUT2D eigenvalue weighted by molar-refractivity contribution is 7.17. The minimum Gasteiger partial charge on any atom is -0.444 e. The van der Waals surface area contributed by atoms with Crippen molar-refractivity contribution in [3.8, 4) is 0 Å². The van der Waals surface area contributed by atoms with Crippen LogP contribution in [-0.2, 0) is 11.2 Å². The minimum absolute atomic E-state index is 0.0506. The van der Waals surface area contributed by atoms with Crippen molar-refractivity contribution in [1.29, 1.82) is 0 Å². The van der Waals surface area contributed by atoms with E-state index in [2.05, 4.69) is 39.2 Å². The van der Waals surface area contributed by atoms with Gasteiger partial charge in [0.2, 0.25) is 0 Å². The number of nitrogens with zero attached hydrogens (tertiary/aromatic N) is 3. The number of hydrogen-bond donors (Lipinski definition) is 2. The molecule has 1 saturated heterocycles. The number of hydrogen-bond acceptors (Lipinski definition) is 6. The summed E-state index contributed by atoms with van der Waals surface area (Å²) in [7, 11) is 0. The van der Waals surface area contributed by atoms with Gasteiger partial charge in [-0.05, 0) is 45.2 Å². The molecule has 1 aliphatic rings. The molecule has 3 heterocycles. The number of H-pyrrole nitrogens is 1. The van der Waals surface area contributed by atoms with Gasteiger partial charge in [0.05, 0.1) is 6.20 Å². The van der Waals surface area contributed by atoms with Crippen molar-refractivity contribution in [2.24, 2.45) is 0 Å². The van der Waals surface area contributed by atoms with Crippen LogP contribution in [-0.4, -0.2) is 64.7 Å². The molecule has 0 bridgehead atoms. The van der Waals surface area contributed by atoms with E-state index in [9.17, 15) is 9.59 Å². The van der Waals surface area contributed by atoms with Gasteiger partial charge in [-0.3, -0.25) is 4.79 Å². The van der Waals surface area contributed by atoms with E-state index in [1.165, 1.54) is 22.3 Å². The fraction of sp³-hybridized carbons (Fsp3) is 0.500. The van der Waals surface area contributed by atoms with Gasteiger partial charge in [0.15, 0.2) is 5.13 Å². The zero-order valence-electron chi connectivity index (χ0n) is 21.0. The molecular weight excluding hydrogens is 462 g/mol. The zero-order chi connectivity index (χ0) is 25.0. The predicted molar refractivity (Wildman–Crippen MR) is 140 cm³/mol. The van der Waals surface area contributed by atoms with Crippen LogP contribution in [0.4, 0.5) is 9.93 Å². The first-order chi connectivity index (χ1) is 16.7. The molecule has 1 atom stereocenters. The third-order valence-corrected chi connectivity index (χ3v) is 7.09. The molecule has 35 heavy (non-hydrogen) atoms. The van der Waals surface area contributed by atoms with Crippen molar-refractivity contribution in [2.75, 3.05) is 31.1 Å². The van der Waals surface area contributed by atoms with Crippen LogP contribution >= 0.6 is 11.3 Å². The Kier molecular flexibility index (Phi) is 7.64. The Morgan fingerprint density at radius 3 is 2.66 bits per heavy atom. The summed E-state index contributed by atoms with van der Waals surface area (Å²) in [6.07, 6.45) is 6.09. The number of para-hydroxylation sites is 1. The van der Waals surface area contributed by atoms with Crippen LogP contribution in [0.5, 0.6) is 0 Å². The maximum atomic E-state index is 13.1. The number of nitrogens with one attached hydrogen (secondary N) is 2. The lowest BCUT2D eigenvalue weighted by Gasteiger charge is -2.35. The highest BCUT2D eigenvalue weighted by atomic mass is 32.1. The zero-order valence-corrected chi connectivity index (χ0v) is 21.8. The van der Waals surface area contributed by atoms with Crippen molar-refractivity contribution in [2.45, 2.75) is 58.6 Å². The summed E-state index contributed by atoms with van der Waals surface area (Å²) < 4.78 is 5.47. The second-order valence-electron chi connectivity index (χ2n) is 9.98. The monoisotopic (exact) mass is 497 g/mol. The Balaban J connectivity index is 1.34. The number of anilines is 1. The smallest absolute Gasteiger partial charge is 0.410 e. The van der Waals surface area contributed by atoms with Gasteiger partial charge < -0.3 is 24.8 Å². The van der Waals surface area contributed by atoms with Crippen LogP contribution < -0.4 is 10.2 Å². The number of carbonyl (C=O) groups excluding carboxylic acids is 2. The lowest BCUT2D eigenvalue weighted by Crippen LogP contribution is -2.50. The second kappa shape index (κ2) is 10.7. The second-order valence-corrected chi connectivity index (χ2v) is 11.0. The molecule has 2 N–H and O–H groups in total. The third-order valence-electron chi connectivity index (χ3n) is 6.03. The van der Waals surface area contributed by atoms with Gasteiger partial charge in [-0.15, -0.1) is 0 Å². The molecule has 4 rings (SSSR count). The van der Waals surface area contributed by atoms with Gasteiger partial charge in [0.1, 0.15) is 10.5 Å². The normalized spacial score (nSPS) is 15.3. The molecule has 188 valence electrons. The van der Waals surface area contributed by atoms with E-state index in [1.54, 1.807) is 11.1 Å². The molecule has 2 aromatic heterocycles. The molecule has 1 unspecified atom stereocenters. The van der Waals surface area contributed by atoms with E-state index in [1.807, 2.05) is 39.1 Å². The Bertz CT molecular complexity index is 1160. The first-order valence-corrected chi connectivity index (χ1v) is 13.1. The fourth-order valence-corrected chi connectivity index (χ4v) is 5.19. The topological polar surface area (TPSA) is 90.6 Å². The minimum atomic E-state index is -0.504. The number of rotatable bonds is 7. The summed E-state index contributed by atoms with van der Waals surface area (Å²) in [6.45, 7) is 10.2. The number of benzene rings is 1. The van der Waals surface area contributed by atoms with Crippen LogP contribution in [0.15, 0.2) is 36.7 Å². The molecule has 1 aliphatic heterocycles. The number of aromatic nitrogens is 2. The molecule has 8 nitrogen and oxygen atoms in total. The average molecular weight is 498 g/mol. The van der Waals surface area contributed by atoms with Crippen molar-refractivity contribution >= 4 is 39.4 Å². The van der Waals surface area contributed by atoms with Gasteiger partial charge in [-0.25, -0.2) is 9.78 Å².